The topological polar surface area (TPSA) is 133 Å². The van der Waals surface area contributed by atoms with Gasteiger partial charge in [0.05, 0.1) is 28.8 Å². The van der Waals surface area contributed by atoms with Crippen molar-refractivity contribution < 1.29 is 38.1 Å². The fourth-order valence-electron chi connectivity index (χ4n) is 2.85. The van der Waals surface area contributed by atoms with Crippen molar-refractivity contribution >= 4 is 11.6 Å². The second-order valence-electron chi connectivity index (χ2n) is 6.50. The van der Waals surface area contributed by atoms with Gasteiger partial charge in [-0.15, -0.1) is 10.2 Å². The van der Waals surface area contributed by atoms with Gasteiger partial charge in [-0.3, -0.25) is 4.79 Å². The highest BCUT2D eigenvalue weighted by molar-refractivity contribution is 6.05. The molecule has 0 aliphatic rings. The SMILES string of the molecule is O=C(Nc1ccccc1)c1cc(-c2ccccc2)[o+]c(-c2ccccc2)c1.[O-][Cl+3]([O-])([O-])[O-]. The molecule has 0 radical (unpaired) electrons. The first kappa shape index (κ1) is 23.1. The van der Waals surface area contributed by atoms with E-state index in [2.05, 4.69) is 5.32 Å². The van der Waals surface area contributed by atoms with Crippen LogP contribution in [0.1, 0.15) is 10.4 Å². The molecule has 1 amide bonds. The molecule has 0 fully saturated rings. The van der Waals surface area contributed by atoms with Crippen LogP contribution in [0.4, 0.5) is 5.69 Å². The zero-order valence-electron chi connectivity index (χ0n) is 16.6. The Hall–Kier alpha value is -3.59. The van der Waals surface area contributed by atoms with Gasteiger partial charge in [0.2, 0.25) is 0 Å². The summed E-state index contributed by atoms with van der Waals surface area (Å²) in [5.41, 5.74) is 3.14. The van der Waals surface area contributed by atoms with Gasteiger partial charge in [-0.25, -0.2) is 23.1 Å². The third-order valence-electron chi connectivity index (χ3n) is 4.20. The van der Waals surface area contributed by atoms with Gasteiger partial charge in [0.15, 0.2) is 0 Å². The molecule has 8 heteroatoms. The number of carbonyl (C=O) groups is 1. The van der Waals surface area contributed by atoms with Gasteiger partial charge in [0, 0.05) is 5.69 Å². The van der Waals surface area contributed by atoms with Crippen LogP contribution < -0.4 is 24.0 Å². The lowest BCUT2D eigenvalue weighted by molar-refractivity contribution is -2.00. The fraction of sp³-hybridized carbons (Fsp3) is 0. The molecule has 162 valence electrons. The Balaban J connectivity index is 0.000000523. The van der Waals surface area contributed by atoms with Crippen molar-refractivity contribution in [2.24, 2.45) is 0 Å². The first-order valence-electron chi connectivity index (χ1n) is 9.37. The molecule has 0 atom stereocenters. The lowest BCUT2D eigenvalue weighted by atomic mass is 10.1. The monoisotopic (exact) mass is 451 g/mol. The van der Waals surface area contributed by atoms with E-state index in [0.717, 1.165) is 16.8 Å². The van der Waals surface area contributed by atoms with E-state index in [4.69, 9.17) is 23.1 Å². The second-order valence-corrected chi connectivity index (χ2v) is 7.26. The van der Waals surface area contributed by atoms with E-state index >= 15 is 0 Å². The maximum atomic E-state index is 12.8. The molecule has 7 nitrogen and oxygen atoms in total. The van der Waals surface area contributed by atoms with Gasteiger partial charge in [0.25, 0.3) is 5.91 Å². The molecule has 1 heterocycles. The van der Waals surface area contributed by atoms with E-state index in [1.165, 1.54) is 0 Å². The van der Waals surface area contributed by atoms with Gasteiger partial charge in [-0.05, 0) is 36.4 Å². The zero-order valence-corrected chi connectivity index (χ0v) is 17.4. The molecule has 0 unspecified atom stereocenters. The molecular formula is C24H18ClNO6. The van der Waals surface area contributed by atoms with Crippen LogP contribution in [0.5, 0.6) is 0 Å². The van der Waals surface area contributed by atoms with Crippen molar-refractivity contribution in [3.05, 3.63) is 109 Å². The molecule has 1 aromatic heterocycles. The first-order valence-corrected chi connectivity index (χ1v) is 10.6. The van der Waals surface area contributed by atoms with Crippen LogP contribution >= 0.6 is 0 Å². The summed E-state index contributed by atoms with van der Waals surface area (Å²) in [7, 11) is -4.94. The molecule has 3 aromatic carbocycles. The van der Waals surface area contributed by atoms with Crippen molar-refractivity contribution in [1.29, 1.82) is 0 Å². The van der Waals surface area contributed by atoms with Crippen molar-refractivity contribution in [3.63, 3.8) is 0 Å². The minimum Gasteiger partial charge on any atom is -0.322 e. The van der Waals surface area contributed by atoms with E-state index in [9.17, 15) is 4.79 Å². The highest BCUT2D eigenvalue weighted by Crippen LogP contribution is 2.28. The summed E-state index contributed by atoms with van der Waals surface area (Å²) in [5, 5.41) is 2.93. The molecule has 0 saturated heterocycles. The summed E-state index contributed by atoms with van der Waals surface area (Å²) in [6.07, 6.45) is 0. The predicted octanol–water partition coefficient (Wildman–Crippen LogP) is 1.39. The highest BCUT2D eigenvalue weighted by Gasteiger charge is 2.22. The number of halogens is 1. The number of nitrogens with one attached hydrogen (secondary N) is 1. The summed E-state index contributed by atoms with van der Waals surface area (Å²) in [4.78, 5) is 12.8. The third kappa shape index (κ3) is 7.28. The zero-order chi connectivity index (χ0) is 23.0. The normalized spacial score (nSPS) is 10.6. The van der Waals surface area contributed by atoms with Crippen LogP contribution in [0.2, 0.25) is 0 Å². The molecule has 0 aliphatic carbocycles. The van der Waals surface area contributed by atoms with Crippen LogP contribution in [0.15, 0.2) is 108 Å². The maximum absolute atomic E-state index is 12.8. The highest BCUT2D eigenvalue weighted by atomic mass is 35.7. The lowest BCUT2D eigenvalue weighted by Gasteiger charge is -2.17. The molecule has 0 spiro atoms. The summed E-state index contributed by atoms with van der Waals surface area (Å²) in [6.45, 7) is 0. The molecule has 0 bridgehead atoms. The summed E-state index contributed by atoms with van der Waals surface area (Å²) in [6, 6.07) is 32.5. The van der Waals surface area contributed by atoms with Crippen molar-refractivity contribution in [1.82, 2.24) is 0 Å². The van der Waals surface area contributed by atoms with Crippen LogP contribution in [0.3, 0.4) is 0 Å². The average molecular weight is 452 g/mol. The van der Waals surface area contributed by atoms with E-state index in [-0.39, 0.29) is 5.91 Å². The second kappa shape index (κ2) is 10.6. The molecule has 0 aliphatic heterocycles. The van der Waals surface area contributed by atoms with E-state index in [1.54, 1.807) is 12.1 Å². The third-order valence-corrected chi connectivity index (χ3v) is 4.20. The van der Waals surface area contributed by atoms with Gasteiger partial charge in [-0.1, -0.05) is 54.6 Å². The Labute approximate surface area is 186 Å². The lowest BCUT2D eigenvalue weighted by Crippen LogP contribution is -2.68. The van der Waals surface area contributed by atoms with Crippen LogP contribution in [-0.4, -0.2) is 5.91 Å². The standard InChI is InChI=1S/C24H17NO2.ClHO4/c26-24(25-21-14-8-3-9-15-21)20-16-22(18-10-4-1-5-11-18)27-23(17-20)19-12-6-2-7-13-19;2-1(3,4)5/h1-17H;(H,2,3,4,5). The van der Waals surface area contributed by atoms with E-state index in [0.29, 0.717) is 17.1 Å². The molecule has 32 heavy (non-hydrogen) atoms. The van der Waals surface area contributed by atoms with Gasteiger partial charge in [0.1, 0.15) is 0 Å². The van der Waals surface area contributed by atoms with Crippen LogP contribution in [-0.2, 0) is 0 Å². The molecule has 4 rings (SSSR count). The van der Waals surface area contributed by atoms with Crippen molar-refractivity contribution in [3.8, 4) is 22.6 Å². The Kier molecular flexibility index (Phi) is 7.67. The number of rotatable bonds is 4. The smallest absolute Gasteiger partial charge is 0.322 e. The quantitative estimate of drug-likeness (QED) is 0.466. The molecule has 4 aromatic rings. The van der Waals surface area contributed by atoms with Gasteiger partial charge in [-0.2, -0.15) is 0 Å². The Bertz CT molecular complexity index is 1090. The Morgan fingerprint density at radius 1 is 0.656 bits per heavy atom. The molecule has 1 N–H and O–H groups in total. The first-order chi connectivity index (χ1) is 15.3. The number of hydrogen-bond acceptors (Lipinski definition) is 5. The van der Waals surface area contributed by atoms with E-state index < -0.39 is 10.2 Å². The van der Waals surface area contributed by atoms with Crippen LogP contribution in [0.25, 0.3) is 22.6 Å². The number of carbonyl (C=O) groups excluding carboxylic acids is 1. The number of amides is 1. The minimum atomic E-state index is -4.94. The van der Waals surface area contributed by atoms with Crippen molar-refractivity contribution in [2.45, 2.75) is 0 Å². The molecular weight excluding hydrogens is 434 g/mol. The predicted molar refractivity (Wildman–Crippen MR) is 108 cm³/mol. The summed E-state index contributed by atoms with van der Waals surface area (Å²) in [5.74, 6) is 1.12. The van der Waals surface area contributed by atoms with Gasteiger partial charge < -0.3 is 5.32 Å². The summed E-state index contributed by atoms with van der Waals surface area (Å²) < 4.78 is 40.1. The van der Waals surface area contributed by atoms with E-state index in [1.807, 2.05) is 91.0 Å². The molecule has 0 saturated carbocycles. The fourth-order valence-corrected chi connectivity index (χ4v) is 2.85. The minimum absolute atomic E-state index is 0.175. The van der Waals surface area contributed by atoms with Gasteiger partial charge >= 0.3 is 11.5 Å². The Morgan fingerprint density at radius 2 is 1.03 bits per heavy atom. The average Bonchev–Trinajstić information content (AvgIpc) is 2.79. The number of para-hydroxylation sites is 1. The summed E-state index contributed by atoms with van der Waals surface area (Å²) >= 11 is 0. The largest absolute Gasteiger partial charge is 0.361 e. The van der Waals surface area contributed by atoms with Crippen LogP contribution in [0, 0.1) is 10.2 Å². The maximum Gasteiger partial charge on any atom is 0.361 e. The number of hydrogen-bond donors (Lipinski definition) is 1. The number of anilines is 1. The van der Waals surface area contributed by atoms with Crippen molar-refractivity contribution in [2.75, 3.05) is 5.32 Å². The number of benzene rings is 3. The Morgan fingerprint density at radius 3 is 1.44 bits per heavy atom.